The molecule has 0 aliphatic heterocycles. The monoisotopic (exact) mass is 395 g/mol. The molecule has 0 saturated heterocycles. The van der Waals surface area contributed by atoms with Gasteiger partial charge in [-0.05, 0) is 58.8 Å². The Morgan fingerprint density at radius 1 is 1.11 bits per heavy atom. The highest BCUT2D eigenvalue weighted by atomic mass is 32.1. The lowest BCUT2D eigenvalue weighted by atomic mass is 9.82. The van der Waals surface area contributed by atoms with Gasteiger partial charge in [0.2, 0.25) is 0 Å². The molecule has 3 aromatic rings. The molecule has 0 bridgehead atoms. The first-order valence-corrected chi connectivity index (χ1v) is 10.6. The first-order chi connectivity index (χ1) is 13.5. The lowest BCUT2D eigenvalue weighted by molar-refractivity contribution is -0.123. The van der Waals surface area contributed by atoms with E-state index in [-0.39, 0.29) is 5.92 Å². The minimum absolute atomic E-state index is 0.169. The summed E-state index contributed by atoms with van der Waals surface area (Å²) in [5.41, 5.74) is 2.59. The Labute approximate surface area is 169 Å². The number of carbonyl (C=O) groups excluding carboxylic acids is 1. The Bertz CT molecular complexity index is 991. The molecule has 146 valence electrons. The molecule has 6 nitrogen and oxygen atoms in total. The molecule has 0 N–H and O–H groups in total. The fourth-order valence-electron chi connectivity index (χ4n) is 3.94. The van der Waals surface area contributed by atoms with Crippen molar-refractivity contribution < 1.29 is 4.79 Å². The van der Waals surface area contributed by atoms with Crippen molar-refractivity contribution in [3.63, 3.8) is 0 Å². The second-order valence-electron chi connectivity index (χ2n) is 7.83. The van der Waals surface area contributed by atoms with Gasteiger partial charge in [-0.25, -0.2) is 0 Å². The highest BCUT2D eigenvalue weighted by Gasteiger charge is 2.27. The summed E-state index contributed by atoms with van der Waals surface area (Å²) >= 11 is 1.55. The number of hydrogen-bond acceptors (Lipinski definition) is 7. The van der Waals surface area contributed by atoms with E-state index >= 15 is 0 Å². The van der Waals surface area contributed by atoms with Crippen molar-refractivity contribution >= 4 is 28.0 Å². The summed E-state index contributed by atoms with van der Waals surface area (Å²) in [7, 11) is 4.24. The second-order valence-corrected chi connectivity index (χ2v) is 9.01. The van der Waals surface area contributed by atoms with Crippen molar-refractivity contribution in [3.05, 3.63) is 35.2 Å². The zero-order valence-electron chi connectivity index (χ0n) is 16.6. The third-order valence-electron chi connectivity index (χ3n) is 5.63. The van der Waals surface area contributed by atoms with Gasteiger partial charge in [0, 0.05) is 41.2 Å². The number of fused-ring (bicyclic) bond motifs is 1. The molecule has 1 aliphatic rings. The molecule has 4 rings (SSSR count). The molecule has 28 heavy (non-hydrogen) atoms. The van der Waals surface area contributed by atoms with Gasteiger partial charge < -0.3 is 4.90 Å². The third-order valence-corrected chi connectivity index (χ3v) is 6.52. The fourth-order valence-corrected chi connectivity index (χ4v) is 4.61. The van der Waals surface area contributed by atoms with Gasteiger partial charge in [-0.2, -0.15) is 0 Å². The van der Waals surface area contributed by atoms with E-state index < -0.39 is 0 Å². The standard InChI is InChI=1S/C21H25N5OS/c1-13-24-25-21(28-13)16-8-15-9-17(22-12-19(15)23-11-16)10-20(27)14-4-6-18(7-5-14)26(2)3/h8-9,11-12,14,18H,4-7,10H2,1-3H3. The summed E-state index contributed by atoms with van der Waals surface area (Å²) in [4.78, 5) is 24.0. The van der Waals surface area contributed by atoms with E-state index in [1.165, 1.54) is 0 Å². The van der Waals surface area contributed by atoms with Crippen LogP contribution in [0.4, 0.5) is 0 Å². The van der Waals surface area contributed by atoms with Crippen molar-refractivity contribution in [2.45, 2.75) is 45.1 Å². The molecule has 0 unspecified atom stereocenters. The minimum atomic E-state index is 0.169. The maximum Gasteiger partial charge on any atom is 0.149 e. The molecular weight excluding hydrogens is 370 g/mol. The van der Waals surface area contributed by atoms with Crippen molar-refractivity contribution in [2.24, 2.45) is 5.92 Å². The topological polar surface area (TPSA) is 71.9 Å². The van der Waals surface area contributed by atoms with Crippen molar-refractivity contribution in [2.75, 3.05) is 14.1 Å². The molecule has 1 saturated carbocycles. The quantitative estimate of drug-likeness (QED) is 0.656. The van der Waals surface area contributed by atoms with Crippen LogP contribution in [0, 0.1) is 12.8 Å². The fraction of sp³-hybridized carbons (Fsp3) is 0.476. The van der Waals surface area contributed by atoms with Gasteiger partial charge in [-0.1, -0.05) is 11.3 Å². The van der Waals surface area contributed by atoms with Crippen LogP contribution >= 0.6 is 11.3 Å². The van der Waals surface area contributed by atoms with Crippen molar-refractivity contribution in [1.29, 1.82) is 0 Å². The minimum Gasteiger partial charge on any atom is -0.306 e. The molecule has 1 fully saturated rings. The van der Waals surface area contributed by atoms with Gasteiger partial charge in [0.15, 0.2) is 0 Å². The number of ketones is 1. The van der Waals surface area contributed by atoms with Crippen LogP contribution in [-0.2, 0) is 11.2 Å². The summed E-state index contributed by atoms with van der Waals surface area (Å²) in [5, 5.41) is 11.1. The number of aromatic nitrogens is 4. The number of rotatable bonds is 5. The predicted octanol–water partition coefficient (Wildman–Crippen LogP) is 3.69. The van der Waals surface area contributed by atoms with E-state index in [2.05, 4.69) is 45.2 Å². The molecule has 0 aromatic carbocycles. The van der Waals surface area contributed by atoms with E-state index in [1.807, 2.05) is 13.0 Å². The highest BCUT2D eigenvalue weighted by Crippen LogP contribution is 2.29. The number of carbonyl (C=O) groups is 1. The smallest absolute Gasteiger partial charge is 0.149 e. The number of nitrogens with zero attached hydrogens (tertiary/aromatic N) is 5. The van der Waals surface area contributed by atoms with E-state index in [1.54, 1.807) is 23.7 Å². The third kappa shape index (κ3) is 4.10. The van der Waals surface area contributed by atoms with Crippen molar-refractivity contribution in [1.82, 2.24) is 25.1 Å². The summed E-state index contributed by atoms with van der Waals surface area (Å²) in [6.07, 6.45) is 8.13. The molecule has 3 heterocycles. The lowest BCUT2D eigenvalue weighted by Gasteiger charge is -2.31. The molecule has 3 aromatic heterocycles. The molecule has 0 radical (unpaired) electrons. The van der Waals surface area contributed by atoms with Crippen molar-refractivity contribution in [3.8, 4) is 10.6 Å². The van der Waals surface area contributed by atoms with E-state index in [9.17, 15) is 4.79 Å². The van der Waals surface area contributed by atoms with Gasteiger partial charge in [-0.15, -0.1) is 10.2 Å². The van der Waals surface area contributed by atoms with E-state index in [4.69, 9.17) is 0 Å². The van der Waals surface area contributed by atoms with Crippen LogP contribution < -0.4 is 0 Å². The number of aryl methyl sites for hydroxylation is 1. The first-order valence-electron chi connectivity index (χ1n) is 9.74. The number of Topliss-reactive ketones (excluding diaryl/α,β-unsaturated/α-hetero) is 1. The van der Waals surface area contributed by atoms with Crippen LogP contribution in [0.5, 0.6) is 0 Å². The summed E-state index contributed by atoms with van der Waals surface area (Å²) in [5.74, 6) is 0.482. The maximum atomic E-state index is 12.8. The summed E-state index contributed by atoms with van der Waals surface area (Å²) < 4.78 is 0. The van der Waals surface area contributed by atoms with Gasteiger partial charge in [0.05, 0.1) is 11.7 Å². The van der Waals surface area contributed by atoms with E-state index in [0.717, 1.165) is 57.9 Å². The Kier molecular flexibility index (Phi) is 5.46. The number of hydrogen-bond donors (Lipinski definition) is 0. The second kappa shape index (κ2) is 8.01. The van der Waals surface area contributed by atoms with Crippen LogP contribution in [0.3, 0.4) is 0 Å². The highest BCUT2D eigenvalue weighted by molar-refractivity contribution is 7.14. The Morgan fingerprint density at radius 2 is 1.89 bits per heavy atom. The van der Waals surface area contributed by atoms with Crippen LogP contribution in [-0.4, -0.2) is 51.0 Å². The molecular formula is C21H25N5OS. The Balaban J connectivity index is 1.49. The SMILES string of the molecule is Cc1nnc(-c2cnc3cnc(CC(=O)C4CCC(N(C)C)CC4)cc3c2)s1. The Hall–Kier alpha value is -2.25. The van der Waals surface area contributed by atoms with Gasteiger partial charge in [0.1, 0.15) is 15.8 Å². The van der Waals surface area contributed by atoms with Gasteiger partial charge in [-0.3, -0.25) is 14.8 Å². The maximum absolute atomic E-state index is 12.8. The summed E-state index contributed by atoms with van der Waals surface area (Å²) in [6.45, 7) is 1.94. The average molecular weight is 396 g/mol. The average Bonchev–Trinajstić information content (AvgIpc) is 3.14. The largest absolute Gasteiger partial charge is 0.306 e. The molecule has 0 amide bonds. The molecule has 0 atom stereocenters. The van der Waals surface area contributed by atoms with Crippen LogP contribution in [0.2, 0.25) is 0 Å². The normalized spacial score (nSPS) is 20.0. The Morgan fingerprint density at radius 3 is 2.57 bits per heavy atom. The molecule has 0 spiro atoms. The predicted molar refractivity (Wildman–Crippen MR) is 111 cm³/mol. The van der Waals surface area contributed by atoms with Crippen LogP contribution in [0.15, 0.2) is 24.5 Å². The zero-order valence-corrected chi connectivity index (χ0v) is 17.4. The van der Waals surface area contributed by atoms with E-state index in [0.29, 0.717) is 18.2 Å². The first kappa shape index (κ1) is 19.1. The lowest BCUT2D eigenvalue weighted by Crippen LogP contribution is -2.34. The van der Waals surface area contributed by atoms with Crippen LogP contribution in [0.1, 0.15) is 36.4 Å². The van der Waals surface area contributed by atoms with Crippen LogP contribution in [0.25, 0.3) is 21.5 Å². The molecule has 7 heteroatoms. The zero-order chi connectivity index (χ0) is 19.7. The summed E-state index contributed by atoms with van der Waals surface area (Å²) in [6, 6.07) is 4.65. The molecule has 1 aliphatic carbocycles. The number of pyridine rings is 2. The van der Waals surface area contributed by atoms with Gasteiger partial charge >= 0.3 is 0 Å². The van der Waals surface area contributed by atoms with Gasteiger partial charge in [0.25, 0.3) is 0 Å².